The Morgan fingerprint density at radius 1 is 0.929 bits per heavy atom. The van der Waals surface area contributed by atoms with Crippen molar-refractivity contribution in [2.75, 3.05) is 24.7 Å². The summed E-state index contributed by atoms with van der Waals surface area (Å²) in [4.78, 5) is 0. The van der Waals surface area contributed by atoms with Crippen LogP contribution in [0.15, 0.2) is 24.3 Å². The monoisotopic (exact) mass is 230 g/mol. The van der Waals surface area contributed by atoms with Gasteiger partial charge in [0.25, 0.3) is 0 Å². The average Bonchev–Trinajstić information content (AvgIpc) is 2.24. The molecule has 0 aromatic heterocycles. The van der Waals surface area contributed by atoms with Gasteiger partial charge in [-0.05, 0) is 12.1 Å². The van der Waals surface area contributed by atoms with Crippen molar-refractivity contribution in [3.05, 3.63) is 24.3 Å². The fourth-order valence-electron chi connectivity index (χ4n) is 0.981. The first kappa shape index (κ1) is 11.6. The molecule has 0 saturated carbocycles. The zero-order valence-corrected chi connectivity index (χ0v) is 9.64. The first-order valence-corrected chi connectivity index (χ1v) is 5.70. The molecule has 0 amide bonds. The fourth-order valence-corrected chi connectivity index (χ4v) is 1.16. The fraction of sp³-hybridized carbons (Fsp3) is 0.400. The second kappa shape index (κ2) is 6.90. The van der Waals surface area contributed by atoms with E-state index in [1.54, 1.807) is 0 Å². The van der Waals surface area contributed by atoms with Gasteiger partial charge in [-0.1, -0.05) is 6.07 Å². The third-order valence-corrected chi connectivity index (χ3v) is 1.89. The summed E-state index contributed by atoms with van der Waals surface area (Å²) in [6.07, 6.45) is 0. The second-order valence-corrected chi connectivity index (χ2v) is 3.51. The minimum atomic E-state index is 0.610. The van der Waals surface area contributed by atoms with Crippen molar-refractivity contribution in [3.8, 4) is 11.5 Å². The third kappa shape index (κ3) is 4.15. The Hall–Kier alpha value is -0.480. The van der Waals surface area contributed by atoms with E-state index in [2.05, 4.69) is 25.3 Å². The smallest absolute Gasteiger partial charge is 0.123 e. The van der Waals surface area contributed by atoms with E-state index in [4.69, 9.17) is 9.47 Å². The lowest BCUT2D eigenvalue weighted by molar-refractivity contribution is 0.327. The second-order valence-electron chi connectivity index (χ2n) is 2.62. The van der Waals surface area contributed by atoms with Crippen LogP contribution in [0.1, 0.15) is 0 Å². The SMILES string of the molecule is SCCOc1cccc(OCCS)c1. The summed E-state index contributed by atoms with van der Waals surface area (Å²) in [6.45, 7) is 1.22. The van der Waals surface area contributed by atoms with Gasteiger partial charge >= 0.3 is 0 Å². The van der Waals surface area contributed by atoms with Crippen LogP contribution < -0.4 is 9.47 Å². The van der Waals surface area contributed by atoms with Gasteiger partial charge in [-0.3, -0.25) is 0 Å². The van der Waals surface area contributed by atoms with Gasteiger partial charge in [0.15, 0.2) is 0 Å². The number of benzene rings is 1. The standard InChI is InChI=1S/C10H14O2S2/c13-6-4-11-9-2-1-3-10(8-9)12-5-7-14/h1-3,8,13-14H,4-7H2. The molecule has 1 aromatic carbocycles. The van der Waals surface area contributed by atoms with Crippen molar-refractivity contribution in [1.29, 1.82) is 0 Å². The van der Waals surface area contributed by atoms with E-state index in [0.717, 1.165) is 11.5 Å². The summed E-state index contributed by atoms with van der Waals surface area (Å²) < 4.78 is 10.8. The molecule has 0 radical (unpaired) electrons. The van der Waals surface area contributed by atoms with Crippen molar-refractivity contribution in [3.63, 3.8) is 0 Å². The Kier molecular flexibility index (Phi) is 5.71. The highest BCUT2D eigenvalue weighted by molar-refractivity contribution is 7.80. The van der Waals surface area contributed by atoms with Crippen molar-refractivity contribution < 1.29 is 9.47 Å². The van der Waals surface area contributed by atoms with Crippen molar-refractivity contribution in [1.82, 2.24) is 0 Å². The predicted molar refractivity (Wildman–Crippen MR) is 65.1 cm³/mol. The first-order chi connectivity index (χ1) is 6.86. The van der Waals surface area contributed by atoms with E-state index in [0.29, 0.717) is 24.7 Å². The van der Waals surface area contributed by atoms with E-state index in [1.807, 2.05) is 24.3 Å². The molecule has 0 atom stereocenters. The molecule has 0 unspecified atom stereocenters. The van der Waals surface area contributed by atoms with E-state index < -0.39 is 0 Å². The first-order valence-electron chi connectivity index (χ1n) is 4.44. The summed E-state index contributed by atoms with van der Waals surface area (Å²) in [5, 5.41) is 0. The minimum Gasteiger partial charge on any atom is -0.493 e. The van der Waals surface area contributed by atoms with Crippen molar-refractivity contribution in [2.45, 2.75) is 0 Å². The van der Waals surface area contributed by atoms with Crippen LogP contribution in [0.4, 0.5) is 0 Å². The van der Waals surface area contributed by atoms with Gasteiger partial charge in [0.2, 0.25) is 0 Å². The average molecular weight is 230 g/mol. The lowest BCUT2D eigenvalue weighted by atomic mass is 10.3. The van der Waals surface area contributed by atoms with E-state index in [-0.39, 0.29) is 0 Å². The molecule has 0 bridgehead atoms. The number of hydrogen-bond acceptors (Lipinski definition) is 4. The molecule has 0 saturated heterocycles. The maximum Gasteiger partial charge on any atom is 0.123 e. The molecule has 0 N–H and O–H groups in total. The minimum absolute atomic E-state index is 0.610. The molecule has 14 heavy (non-hydrogen) atoms. The molecule has 1 rings (SSSR count). The molecule has 1 aromatic rings. The maximum absolute atomic E-state index is 5.40. The number of ether oxygens (including phenoxy) is 2. The quantitative estimate of drug-likeness (QED) is 0.731. The van der Waals surface area contributed by atoms with E-state index in [1.165, 1.54) is 0 Å². The molecule has 2 nitrogen and oxygen atoms in total. The Morgan fingerprint density at radius 3 is 1.86 bits per heavy atom. The van der Waals surface area contributed by atoms with E-state index >= 15 is 0 Å². The van der Waals surface area contributed by atoms with Crippen LogP contribution in [0.3, 0.4) is 0 Å². The Labute approximate surface area is 95.4 Å². The lowest BCUT2D eigenvalue weighted by Crippen LogP contribution is -2.00. The van der Waals surface area contributed by atoms with Gasteiger partial charge in [-0.25, -0.2) is 0 Å². The van der Waals surface area contributed by atoms with Crippen LogP contribution in [-0.2, 0) is 0 Å². The Morgan fingerprint density at radius 2 is 1.43 bits per heavy atom. The van der Waals surface area contributed by atoms with E-state index in [9.17, 15) is 0 Å². The summed E-state index contributed by atoms with van der Waals surface area (Å²) in [7, 11) is 0. The predicted octanol–water partition coefficient (Wildman–Crippen LogP) is 2.30. The van der Waals surface area contributed by atoms with Gasteiger partial charge in [-0.15, -0.1) is 0 Å². The summed E-state index contributed by atoms with van der Waals surface area (Å²) >= 11 is 8.13. The topological polar surface area (TPSA) is 18.5 Å². The van der Waals surface area contributed by atoms with Crippen LogP contribution in [0.2, 0.25) is 0 Å². The number of hydrogen-bond donors (Lipinski definition) is 2. The molecular formula is C10H14O2S2. The molecule has 0 spiro atoms. The van der Waals surface area contributed by atoms with Crippen molar-refractivity contribution >= 4 is 25.3 Å². The maximum atomic E-state index is 5.40. The summed E-state index contributed by atoms with van der Waals surface area (Å²) in [5.74, 6) is 3.05. The van der Waals surface area contributed by atoms with Crippen LogP contribution in [0, 0.1) is 0 Å². The van der Waals surface area contributed by atoms with Crippen LogP contribution in [0.5, 0.6) is 11.5 Å². The van der Waals surface area contributed by atoms with Crippen molar-refractivity contribution in [2.24, 2.45) is 0 Å². The highest BCUT2D eigenvalue weighted by atomic mass is 32.1. The van der Waals surface area contributed by atoms with Gasteiger partial charge in [0.05, 0.1) is 13.2 Å². The lowest BCUT2D eigenvalue weighted by Gasteiger charge is -2.07. The highest BCUT2D eigenvalue weighted by Crippen LogP contribution is 2.19. The van der Waals surface area contributed by atoms with Crippen LogP contribution in [-0.4, -0.2) is 24.7 Å². The zero-order chi connectivity index (χ0) is 10.2. The van der Waals surface area contributed by atoms with Crippen LogP contribution in [0.25, 0.3) is 0 Å². The van der Waals surface area contributed by atoms with Gasteiger partial charge in [0.1, 0.15) is 11.5 Å². The molecule has 0 aliphatic heterocycles. The largest absolute Gasteiger partial charge is 0.493 e. The molecular weight excluding hydrogens is 216 g/mol. The van der Waals surface area contributed by atoms with Gasteiger partial charge in [0, 0.05) is 17.6 Å². The molecule has 0 fully saturated rings. The Balaban J connectivity index is 2.50. The molecule has 0 aliphatic carbocycles. The highest BCUT2D eigenvalue weighted by Gasteiger charge is 1.96. The normalized spacial score (nSPS) is 9.86. The Bertz CT molecular complexity index is 243. The van der Waals surface area contributed by atoms with Crippen LogP contribution >= 0.6 is 25.3 Å². The molecule has 78 valence electrons. The summed E-state index contributed by atoms with van der Waals surface area (Å²) in [5.41, 5.74) is 0. The summed E-state index contributed by atoms with van der Waals surface area (Å²) in [6, 6.07) is 7.57. The number of thiol groups is 2. The number of rotatable bonds is 6. The molecule has 0 heterocycles. The molecule has 4 heteroatoms. The van der Waals surface area contributed by atoms with Gasteiger partial charge in [-0.2, -0.15) is 25.3 Å². The molecule has 0 aliphatic rings. The third-order valence-electron chi connectivity index (χ3n) is 1.53. The zero-order valence-electron chi connectivity index (χ0n) is 7.85. The van der Waals surface area contributed by atoms with Gasteiger partial charge < -0.3 is 9.47 Å².